The van der Waals surface area contributed by atoms with Crippen LogP contribution in [0.15, 0.2) is 47.6 Å². The van der Waals surface area contributed by atoms with Crippen LogP contribution in [-0.2, 0) is 4.79 Å². The topological polar surface area (TPSA) is 69.0 Å². The average Bonchev–Trinajstić information content (AvgIpc) is 3.25. The number of thioether (sulfide) groups is 1. The highest BCUT2D eigenvalue weighted by Gasteiger charge is 2.20. The lowest BCUT2D eigenvalue weighted by Gasteiger charge is -2.21. The molecule has 1 N–H and O–H groups in total. The summed E-state index contributed by atoms with van der Waals surface area (Å²) in [4.78, 5) is 12.7. The van der Waals surface area contributed by atoms with Crippen LogP contribution in [-0.4, -0.2) is 39.6 Å². The zero-order valence-corrected chi connectivity index (χ0v) is 21.4. The third-order valence-corrected chi connectivity index (χ3v) is 7.61. The molecule has 1 aliphatic rings. The van der Waals surface area contributed by atoms with Gasteiger partial charge in [0.2, 0.25) is 5.91 Å². The van der Waals surface area contributed by atoms with Gasteiger partial charge in [0.25, 0.3) is 0 Å². The number of amides is 1. The van der Waals surface area contributed by atoms with Crippen molar-refractivity contribution in [2.75, 3.05) is 12.9 Å². The third kappa shape index (κ3) is 6.26. The van der Waals surface area contributed by atoms with Crippen molar-refractivity contribution < 1.29 is 9.53 Å². The van der Waals surface area contributed by atoms with Crippen LogP contribution in [0.25, 0.3) is 17.1 Å². The average molecular weight is 519 g/mol. The van der Waals surface area contributed by atoms with Crippen molar-refractivity contribution in [2.24, 2.45) is 0 Å². The second kappa shape index (κ2) is 12.0. The zero-order valence-electron chi connectivity index (χ0n) is 19.1. The Hall–Kier alpha value is -2.22. The molecule has 0 atom stereocenters. The normalized spacial score (nSPS) is 14.9. The van der Waals surface area contributed by atoms with Crippen molar-refractivity contribution in [1.29, 1.82) is 0 Å². The van der Waals surface area contributed by atoms with Crippen LogP contribution in [0.5, 0.6) is 5.75 Å². The number of benzene rings is 2. The lowest BCUT2D eigenvalue weighted by Crippen LogP contribution is -2.36. The summed E-state index contributed by atoms with van der Waals surface area (Å²) in [6.07, 6.45) is 8.26. The van der Waals surface area contributed by atoms with E-state index in [-0.39, 0.29) is 17.7 Å². The number of ether oxygens (including phenoxy) is 1. The van der Waals surface area contributed by atoms with Gasteiger partial charge in [0.05, 0.1) is 28.6 Å². The number of carbonyl (C=O) groups excluding carboxylic acids is 1. The minimum Gasteiger partial charge on any atom is -0.497 e. The number of rotatable bonds is 7. The second-order valence-electron chi connectivity index (χ2n) is 8.37. The summed E-state index contributed by atoms with van der Waals surface area (Å²) >= 11 is 13.8. The number of nitrogens with zero attached hydrogens (tertiary/aromatic N) is 3. The first-order valence-electron chi connectivity index (χ1n) is 11.5. The molecule has 1 saturated carbocycles. The molecule has 1 fully saturated rings. The van der Waals surface area contributed by atoms with Gasteiger partial charge in [-0.15, -0.1) is 10.2 Å². The summed E-state index contributed by atoms with van der Waals surface area (Å²) in [5.74, 6) is 1.68. The molecule has 0 unspecified atom stereocenters. The lowest BCUT2D eigenvalue weighted by atomic mass is 9.97. The summed E-state index contributed by atoms with van der Waals surface area (Å²) in [7, 11) is 1.63. The molecule has 0 spiro atoms. The number of nitrogens with one attached hydrogen (secondary N) is 1. The Bertz CT molecular complexity index is 1110. The van der Waals surface area contributed by atoms with Gasteiger partial charge in [0, 0.05) is 11.6 Å². The molecule has 1 amide bonds. The van der Waals surface area contributed by atoms with Crippen LogP contribution in [0.2, 0.25) is 10.0 Å². The van der Waals surface area contributed by atoms with Crippen LogP contribution in [0, 0.1) is 0 Å². The molecule has 1 aliphatic carbocycles. The Balaban J connectivity index is 1.55. The number of aromatic nitrogens is 3. The van der Waals surface area contributed by atoms with Gasteiger partial charge < -0.3 is 10.1 Å². The number of carbonyl (C=O) groups is 1. The van der Waals surface area contributed by atoms with Crippen molar-refractivity contribution in [1.82, 2.24) is 20.1 Å². The van der Waals surface area contributed by atoms with Crippen molar-refractivity contribution in [3.63, 3.8) is 0 Å². The van der Waals surface area contributed by atoms with Gasteiger partial charge in [-0.2, -0.15) is 0 Å². The molecule has 9 heteroatoms. The summed E-state index contributed by atoms with van der Waals surface area (Å²) in [6, 6.07) is 13.2. The SMILES string of the molecule is COc1ccc(-c2nnc(SCC(=O)NC3CCCCCCC3)n2-c2ccc(Cl)c(Cl)c2)cc1. The van der Waals surface area contributed by atoms with Crippen molar-refractivity contribution >= 4 is 40.9 Å². The summed E-state index contributed by atoms with van der Waals surface area (Å²) in [6.45, 7) is 0. The third-order valence-electron chi connectivity index (χ3n) is 5.95. The minimum absolute atomic E-state index is 0.0188. The summed E-state index contributed by atoms with van der Waals surface area (Å²) in [5.41, 5.74) is 1.64. The molecular formula is C25H28Cl2N4O2S. The van der Waals surface area contributed by atoms with Gasteiger partial charge in [-0.1, -0.05) is 67.1 Å². The van der Waals surface area contributed by atoms with Gasteiger partial charge in [-0.05, 0) is 55.3 Å². The van der Waals surface area contributed by atoms with Crippen LogP contribution >= 0.6 is 35.0 Å². The maximum atomic E-state index is 12.7. The van der Waals surface area contributed by atoms with Crippen molar-refractivity contribution in [3.8, 4) is 22.8 Å². The molecule has 1 heterocycles. The van der Waals surface area contributed by atoms with E-state index in [0.717, 1.165) is 29.8 Å². The fraction of sp³-hybridized carbons (Fsp3) is 0.400. The number of methoxy groups -OCH3 is 1. The lowest BCUT2D eigenvalue weighted by molar-refractivity contribution is -0.119. The van der Waals surface area contributed by atoms with Gasteiger partial charge in [-0.25, -0.2) is 0 Å². The van der Waals surface area contributed by atoms with Gasteiger partial charge in [0.1, 0.15) is 5.75 Å². The standard InChI is InChI=1S/C25H28Cl2N4O2S/c1-33-20-12-9-17(10-13-20)24-29-30-25(31(24)19-11-14-21(26)22(27)15-19)34-16-23(32)28-18-7-5-3-2-4-6-8-18/h9-15,18H,2-8,16H2,1H3,(H,28,32). The number of halogens is 2. The molecule has 4 rings (SSSR count). The highest BCUT2D eigenvalue weighted by Crippen LogP contribution is 2.32. The van der Waals surface area contributed by atoms with Gasteiger partial charge >= 0.3 is 0 Å². The zero-order chi connectivity index (χ0) is 23.9. The number of hydrogen-bond acceptors (Lipinski definition) is 5. The summed E-state index contributed by atoms with van der Waals surface area (Å²) in [5, 5.41) is 13.6. The molecule has 180 valence electrons. The molecule has 34 heavy (non-hydrogen) atoms. The maximum Gasteiger partial charge on any atom is 0.230 e. The van der Waals surface area contributed by atoms with E-state index in [1.165, 1.54) is 43.9 Å². The van der Waals surface area contributed by atoms with Crippen LogP contribution in [0.4, 0.5) is 0 Å². The van der Waals surface area contributed by atoms with E-state index in [2.05, 4.69) is 15.5 Å². The first-order valence-corrected chi connectivity index (χ1v) is 13.3. The Morgan fingerprint density at radius 3 is 2.41 bits per heavy atom. The van der Waals surface area contributed by atoms with Crippen LogP contribution in [0.3, 0.4) is 0 Å². The highest BCUT2D eigenvalue weighted by atomic mass is 35.5. The quantitative estimate of drug-likeness (QED) is 0.358. The minimum atomic E-state index is 0.0188. The van der Waals surface area contributed by atoms with E-state index in [0.29, 0.717) is 21.0 Å². The predicted octanol–water partition coefficient (Wildman–Crippen LogP) is 6.57. The molecule has 0 saturated heterocycles. The fourth-order valence-corrected chi connectivity index (χ4v) is 5.20. The monoisotopic (exact) mass is 518 g/mol. The Morgan fingerprint density at radius 2 is 1.74 bits per heavy atom. The van der Waals surface area contributed by atoms with E-state index >= 15 is 0 Å². The molecule has 6 nitrogen and oxygen atoms in total. The van der Waals surface area contributed by atoms with Crippen LogP contribution < -0.4 is 10.1 Å². The first kappa shape index (κ1) is 24.9. The van der Waals surface area contributed by atoms with Gasteiger partial charge in [-0.3, -0.25) is 9.36 Å². The van der Waals surface area contributed by atoms with Gasteiger partial charge in [0.15, 0.2) is 11.0 Å². The van der Waals surface area contributed by atoms with E-state index in [1.54, 1.807) is 19.2 Å². The molecule has 0 bridgehead atoms. The summed E-state index contributed by atoms with van der Waals surface area (Å²) < 4.78 is 7.17. The Morgan fingerprint density at radius 1 is 1.03 bits per heavy atom. The van der Waals surface area contributed by atoms with E-state index in [4.69, 9.17) is 27.9 Å². The molecule has 0 aliphatic heterocycles. The predicted molar refractivity (Wildman–Crippen MR) is 138 cm³/mol. The first-order chi connectivity index (χ1) is 16.5. The Labute approximate surface area is 214 Å². The maximum absolute atomic E-state index is 12.7. The Kier molecular flexibility index (Phi) is 8.75. The van der Waals surface area contributed by atoms with E-state index < -0.39 is 0 Å². The van der Waals surface area contributed by atoms with Crippen LogP contribution in [0.1, 0.15) is 44.9 Å². The van der Waals surface area contributed by atoms with E-state index in [9.17, 15) is 4.79 Å². The molecule has 3 aromatic rings. The smallest absolute Gasteiger partial charge is 0.230 e. The molecule has 2 aromatic carbocycles. The van der Waals surface area contributed by atoms with Crippen molar-refractivity contribution in [3.05, 3.63) is 52.5 Å². The van der Waals surface area contributed by atoms with Crippen molar-refractivity contribution in [2.45, 2.75) is 56.1 Å². The molecule has 1 aromatic heterocycles. The number of hydrogen-bond donors (Lipinski definition) is 1. The molecule has 0 radical (unpaired) electrons. The van der Waals surface area contributed by atoms with E-state index in [1.807, 2.05) is 34.9 Å². The fourth-order valence-electron chi connectivity index (χ4n) is 4.15. The molecular weight excluding hydrogens is 491 g/mol. The highest BCUT2D eigenvalue weighted by molar-refractivity contribution is 7.99. The largest absolute Gasteiger partial charge is 0.497 e. The second-order valence-corrected chi connectivity index (χ2v) is 10.1.